The van der Waals surface area contributed by atoms with Gasteiger partial charge in [0.25, 0.3) is 5.88 Å². The Bertz CT molecular complexity index is 450. The molecule has 8 heteroatoms. The van der Waals surface area contributed by atoms with Crippen LogP contribution >= 0.6 is 11.6 Å². The number of hydrogen-bond acceptors (Lipinski definition) is 6. The third kappa shape index (κ3) is 2.40. The molecule has 1 N–H and O–H groups in total. The Morgan fingerprint density at radius 3 is 2.76 bits per heavy atom. The van der Waals surface area contributed by atoms with Crippen molar-refractivity contribution in [3.63, 3.8) is 0 Å². The van der Waals surface area contributed by atoms with E-state index < -0.39 is 4.92 Å². The Morgan fingerprint density at radius 2 is 2.29 bits per heavy atom. The Balaban J connectivity index is 2.34. The van der Waals surface area contributed by atoms with Crippen LogP contribution in [0, 0.1) is 10.1 Å². The molecule has 1 fully saturated rings. The van der Waals surface area contributed by atoms with E-state index in [9.17, 15) is 10.1 Å². The Morgan fingerprint density at radius 1 is 1.59 bits per heavy atom. The zero-order chi connectivity index (χ0) is 12.4. The van der Waals surface area contributed by atoms with Gasteiger partial charge in [-0.25, -0.2) is 0 Å². The van der Waals surface area contributed by atoms with E-state index in [2.05, 4.69) is 10.3 Å². The highest BCUT2D eigenvalue weighted by Crippen LogP contribution is 2.34. The molecular weight excluding hydrogens is 250 g/mol. The Hall–Kier alpha value is -1.60. The quantitative estimate of drug-likeness (QED) is 0.641. The summed E-state index contributed by atoms with van der Waals surface area (Å²) in [6.45, 7) is 1.29. The molecule has 1 saturated heterocycles. The number of rotatable bonds is 4. The topological polar surface area (TPSA) is 86.5 Å². The molecule has 0 atom stereocenters. The number of halogens is 1. The van der Waals surface area contributed by atoms with Gasteiger partial charge in [-0.2, -0.15) is 4.98 Å². The first-order chi connectivity index (χ1) is 8.11. The molecule has 17 heavy (non-hydrogen) atoms. The fourth-order valence-electron chi connectivity index (χ4n) is 1.31. The monoisotopic (exact) mass is 259 g/mol. The minimum Gasteiger partial charge on any atom is -0.480 e. The summed E-state index contributed by atoms with van der Waals surface area (Å²) < 4.78 is 10.3. The van der Waals surface area contributed by atoms with Gasteiger partial charge in [-0.1, -0.05) is 11.6 Å². The van der Waals surface area contributed by atoms with Crippen molar-refractivity contribution in [3.05, 3.63) is 21.2 Å². The van der Waals surface area contributed by atoms with E-state index in [0.29, 0.717) is 13.1 Å². The van der Waals surface area contributed by atoms with Crippen molar-refractivity contribution in [1.29, 1.82) is 0 Å². The van der Waals surface area contributed by atoms with Crippen molar-refractivity contribution < 1.29 is 14.4 Å². The standard InChI is InChI=1S/C9H10ClN3O4/c1-16-8-6(10)2-7(13(14)15)9(12-8)17-5-3-11-4-5/h2,5,11H,3-4H2,1H3. The second kappa shape index (κ2) is 4.72. The molecule has 0 unspecified atom stereocenters. The fourth-order valence-corrected chi connectivity index (χ4v) is 1.53. The molecule has 1 aliphatic rings. The average Bonchev–Trinajstić information content (AvgIpc) is 2.24. The van der Waals surface area contributed by atoms with Crippen molar-refractivity contribution in [2.75, 3.05) is 20.2 Å². The first-order valence-electron chi connectivity index (χ1n) is 4.88. The molecule has 1 aliphatic heterocycles. The largest absolute Gasteiger partial charge is 0.480 e. The molecule has 0 bridgehead atoms. The maximum Gasteiger partial charge on any atom is 0.332 e. The number of nitrogens with zero attached hydrogens (tertiary/aromatic N) is 2. The summed E-state index contributed by atoms with van der Waals surface area (Å²) in [6.07, 6.45) is -0.105. The van der Waals surface area contributed by atoms with E-state index in [1.807, 2.05) is 0 Å². The molecule has 1 aromatic heterocycles. The maximum atomic E-state index is 10.8. The molecule has 0 aromatic carbocycles. The molecule has 0 aliphatic carbocycles. The minimum absolute atomic E-state index is 0.0669. The van der Waals surface area contributed by atoms with Crippen molar-refractivity contribution in [2.24, 2.45) is 0 Å². The SMILES string of the molecule is COc1nc(OC2CNC2)c([N+](=O)[O-])cc1Cl. The molecule has 0 radical (unpaired) electrons. The van der Waals surface area contributed by atoms with Crippen LogP contribution in [0.2, 0.25) is 5.02 Å². The summed E-state index contributed by atoms with van der Waals surface area (Å²) in [5, 5.41) is 13.9. The van der Waals surface area contributed by atoms with Crippen LogP contribution in [0.3, 0.4) is 0 Å². The first kappa shape index (κ1) is 11.9. The third-order valence-corrected chi connectivity index (χ3v) is 2.57. The molecule has 0 saturated carbocycles. The van der Waals surface area contributed by atoms with Crippen LogP contribution in [0.5, 0.6) is 11.8 Å². The Kier molecular flexibility index (Phi) is 3.30. The molecule has 2 rings (SSSR count). The molecular formula is C9H10ClN3O4. The average molecular weight is 260 g/mol. The molecule has 2 heterocycles. The van der Waals surface area contributed by atoms with Gasteiger partial charge in [0.15, 0.2) is 0 Å². The van der Waals surface area contributed by atoms with E-state index >= 15 is 0 Å². The van der Waals surface area contributed by atoms with E-state index in [4.69, 9.17) is 21.1 Å². The lowest BCUT2D eigenvalue weighted by molar-refractivity contribution is -0.386. The van der Waals surface area contributed by atoms with E-state index in [-0.39, 0.29) is 28.6 Å². The fraction of sp³-hybridized carbons (Fsp3) is 0.444. The molecule has 0 spiro atoms. The van der Waals surface area contributed by atoms with Crippen LogP contribution in [-0.4, -0.2) is 36.2 Å². The number of nitro groups is 1. The Labute approximate surface area is 102 Å². The molecule has 92 valence electrons. The lowest BCUT2D eigenvalue weighted by Gasteiger charge is -2.27. The smallest absolute Gasteiger partial charge is 0.332 e. The number of hydrogen-bond donors (Lipinski definition) is 1. The van der Waals surface area contributed by atoms with Crippen molar-refractivity contribution in [2.45, 2.75) is 6.10 Å². The van der Waals surface area contributed by atoms with Crippen molar-refractivity contribution in [1.82, 2.24) is 10.3 Å². The second-order valence-corrected chi connectivity index (χ2v) is 3.87. The normalized spacial score (nSPS) is 15.2. The molecule has 7 nitrogen and oxygen atoms in total. The second-order valence-electron chi connectivity index (χ2n) is 3.46. The van der Waals surface area contributed by atoms with Gasteiger partial charge in [0, 0.05) is 19.2 Å². The highest BCUT2D eigenvalue weighted by atomic mass is 35.5. The summed E-state index contributed by atoms with van der Waals surface area (Å²) in [4.78, 5) is 14.1. The number of ether oxygens (including phenoxy) is 2. The van der Waals surface area contributed by atoms with E-state index in [1.165, 1.54) is 13.2 Å². The van der Waals surface area contributed by atoms with Crippen LogP contribution in [0.25, 0.3) is 0 Å². The van der Waals surface area contributed by atoms with Crippen LogP contribution in [0.4, 0.5) is 5.69 Å². The van der Waals surface area contributed by atoms with Gasteiger partial charge in [0.1, 0.15) is 11.1 Å². The van der Waals surface area contributed by atoms with Gasteiger partial charge in [-0.3, -0.25) is 10.1 Å². The van der Waals surface area contributed by atoms with Crippen molar-refractivity contribution >= 4 is 17.3 Å². The predicted octanol–water partition coefficient (Wildman–Crippen LogP) is 1.00. The summed E-state index contributed by atoms with van der Waals surface area (Å²) >= 11 is 5.77. The van der Waals surface area contributed by atoms with Gasteiger partial charge in [0.2, 0.25) is 5.88 Å². The molecule has 1 aromatic rings. The minimum atomic E-state index is -0.584. The zero-order valence-electron chi connectivity index (χ0n) is 8.97. The summed E-state index contributed by atoms with van der Waals surface area (Å²) in [7, 11) is 1.38. The molecule has 0 amide bonds. The summed E-state index contributed by atoms with van der Waals surface area (Å²) in [5.74, 6) is 0.0438. The van der Waals surface area contributed by atoms with Gasteiger partial charge >= 0.3 is 5.69 Å². The van der Waals surface area contributed by atoms with Gasteiger partial charge in [-0.05, 0) is 0 Å². The predicted molar refractivity (Wildman–Crippen MR) is 59.7 cm³/mol. The summed E-state index contributed by atoms with van der Waals surface area (Å²) in [6, 6.07) is 1.18. The van der Waals surface area contributed by atoms with E-state index in [0.717, 1.165) is 0 Å². The summed E-state index contributed by atoms with van der Waals surface area (Å²) in [5.41, 5.74) is -0.261. The van der Waals surface area contributed by atoms with Gasteiger partial charge in [-0.15, -0.1) is 0 Å². The van der Waals surface area contributed by atoms with Crippen LogP contribution in [0.15, 0.2) is 6.07 Å². The first-order valence-corrected chi connectivity index (χ1v) is 5.26. The highest BCUT2D eigenvalue weighted by Gasteiger charge is 2.26. The maximum absolute atomic E-state index is 10.8. The van der Waals surface area contributed by atoms with Crippen LogP contribution < -0.4 is 14.8 Å². The van der Waals surface area contributed by atoms with Crippen LogP contribution in [0.1, 0.15) is 0 Å². The van der Waals surface area contributed by atoms with E-state index in [1.54, 1.807) is 0 Å². The van der Waals surface area contributed by atoms with Crippen molar-refractivity contribution in [3.8, 4) is 11.8 Å². The highest BCUT2D eigenvalue weighted by molar-refractivity contribution is 6.32. The number of methoxy groups -OCH3 is 1. The number of pyridine rings is 1. The lowest BCUT2D eigenvalue weighted by atomic mass is 10.2. The lowest BCUT2D eigenvalue weighted by Crippen LogP contribution is -2.50. The van der Waals surface area contributed by atoms with Gasteiger partial charge in [0.05, 0.1) is 12.0 Å². The number of nitrogens with one attached hydrogen (secondary N) is 1. The third-order valence-electron chi connectivity index (χ3n) is 2.30. The zero-order valence-corrected chi connectivity index (χ0v) is 9.73. The number of aromatic nitrogens is 1. The van der Waals surface area contributed by atoms with Gasteiger partial charge < -0.3 is 14.8 Å². The van der Waals surface area contributed by atoms with Crippen LogP contribution in [-0.2, 0) is 0 Å².